The Kier molecular flexibility index (Phi) is 3.98. The summed E-state index contributed by atoms with van der Waals surface area (Å²) in [4.78, 5) is 11.0. The van der Waals surface area contributed by atoms with Gasteiger partial charge in [-0.25, -0.2) is 13.2 Å². The van der Waals surface area contributed by atoms with Crippen molar-refractivity contribution < 1.29 is 28.2 Å². The van der Waals surface area contributed by atoms with Crippen LogP contribution in [0.4, 0.5) is 0 Å². The summed E-state index contributed by atoms with van der Waals surface area (Å²) >= 11 is 0. The van der Waals surface area contributed by atoms with E-state index in [9.17, 15) is 18.3 Å². The van der Waals surface area contributed by atoms with Crippen molar-refractivity contribution in [3.05, 3.63) is 23.8 Å². The van der Waals surface area contributed by atoms with Crippen molar-refractivity contribution in [3.63, 3.8) is 0 Å². The number of hydrogen-bond donors (Lipinski definition) is 2. The monoisotopic (exact) mass is 301 g/mol. The molecule has 0 bridgehead atoms. The van der Waals surface area contributed by atoms with E-state index in [0.29, 0.717) is 6.42 Å². The van der Waals surface area contributed by atoms with Gasteiger partial charge in [-0.2, -0.15) is 4.31 Å². The van der Waals surface area contributed by atoms with Gasteiger partial charge in [-0.1, -0.05) is 0 Å². The second-order valence-electron chi connectivity index (χ2n) is 4.47. The molecule has 0 amide bonds. The van der Waals surface area contributed by atoms with Gasteiger partial charge in [0.05, 0.1) is 18.1 Å². The summed E-state index contributed by atoms with van der Waals surface area (Å²) in [6.07, 6.45) is -0.303. The number of aliphatic hydroxyl groups excluding tert-OH is 1. The number of sulfonamides is 1. The van der Waals surface area contributed by atoms with Crippen LogP contribution < -0.4 is 4.74 Å². The van der Waals surface area contributed by atoms with Gasteiger partial charge in [-0.05, 0) is 24.6 Å². The molecule has 1 fully saturated rings. The van der Waals surface area contributed by atoms with Crippen LogP contribution >= 0.6 is 0 Å². The van der Waals surface area contributed by atoms with Crippen molar-refractivity contribution in [1.82, 2.24) is 4.31 Å². The van der Waals surface area contributed by atoms with Gasteiger partial charge < -0.3 is 14.9 Å². The minimum absolute atomic E-state index is 0.0246. The topological polar surface area (TPSA) is 104 Å². The number of rotatable bonds is 4. The molecule has 0 aliphatic carbocycles. The fourth-order valence-corrected chi connectivity index (χ4v) is 3.61. The first-order valence-electron chi connectivity index (χ1n) is 5.96. The number of aromatic carboxylic acids is 1. The molecule has 0 aromatic heterocycles. The van der Waals surface area contributed by atoms with E-state index in [-0.39, 0.29) is 29.3 Å². The van der Waals surface area contributed by atoms with Crippen molar-refractivity contribution in [2.45, 2.75) is 17.4 Å². The fourth-order valence-electron chi connectivity index (χ4n) is 2.09. The van der Waals surface area contributed by atoms with E-state index < -0.39 is 22.1 Å². The summed E-state index contributed by atoms with van der Waals surface area (Å²) in [5.41, 5.74) is -0.215. The van der Waals surface area contributed by atoms with E-state index in [1.807, 2.05) is 0 Å². The maximum absolute atomic E-state index is 12.3. The highest BCUT2D eigenvalue weighted by molar-refractivity contribution is 7.89. The largest absolute Gasteiger partial charge is 0.496 e. The molecule has 0 saturated carbocycles. The quantitative estimate of drug-likeness (QED) is 0.820. The molecule has 0 radical (unpaired) electrons. The minimum Gasteiger partial charge on any atom is -0.496 e. The van der Waals surface area contributed by atoms with E-state index in [1.165, 1.54) is 19.2 Å². The van der Waals surface area contributed by atoms with E-state index in [4.69, 9.17) is 9.84 Å². The van der Waals surface area contributed by atoms with E-state index in [2.05, 4.69) is 0 Å². The molecule has 1 aliphatic rings. The summed E-state index contributed by atoms with van der Waals surface area (Å²) in [6.45, 7) is 0.245. The van der Waals surface area contributed by atoms with Gasteiger partial charge in [-0.3, -0.25) is 0 Å². The van der Waals surface area contributed by atoms with E-state index >= 15 is 0 Å². The Bertz CT molecular complexity index is 627. The maximum atomic E-state index is 12.3. The number of aliphatic hydroxyl groups is 1. The molecule has 1 unspecified atom stereocenters. The molecule has 1 heterocycles. The molecule has 1 atom stereocenters. The SMILES string of the molecule is COc1ccc(S(=O)(=O)N2CCC(O)C2)cc1C(=O)O. The van der Waals surface area contributed by atoms with Crippen LogP contribution in [-0.2, 0) is 10.0 Å². The van der Waals surface area contributed by atoms with Gasteiger partial charge in [0, 0.05) is 13.1 Å². The van der Waals surface area contributed by atoms with Crippen LogP contribution in [0.3, 0.4) is 0 Å². The third-order valence-electron chi connectivity index (χ3n) is 3.17. The standard InChI is InChI=1S/C12H15NO6S/c1-19-11-3-2-9(6-10(11)12(15)16)20(17,18)13-5-4-8(14)7-13/h2-3,6,8,14H,4-5,7H2,1H3,(H,15,16). The first-order valence-corrected chi connectivity index (χ1v) is 7.40. The highest BCUT2D eigenvalue weighted by Crippen LogP contribution is 2.26. The van der Waals surface area contributed by atoms with Crippen molar-refractivity contribution in [1.29, 1.82) is 0 Å². The molecule has 0 spiro atoms. The molecule has 7 nitrogen and oxygen atoms in total. The third kappa shape index (κ3) is 2.62. The molecule has 1 saturated heterocycles. The predicted molar refractivity (Wildman–Crippen MR) is 69.3 cm³/mol. The summed E-state index contributed by atoms with van der Waals surface area (Å²) in [5.74, 6) is -1.17. The first kappa shape index (κ1) is 14.8. The highest BCUT2D eigenvalue weighted by Gasteiger charge is 2.32. The third-order valence-corrected chi connectivity index (χ3v) is 5.03. The van der Waals surface area contributed by atoms with Crippen molar-refractivity contribution in [2.24, 2.45) is 0 Å². The average molecular weight is 301 g/mol. The second kappa shape index (κ2) is 5.39. The highest BCUT2D eigenvalue weighted by atomic mass is 32.2. The van der Waals surface area contributed by atoms with Crippen LogP contribution in [0.15, 0.2) is 23.1 Å². The van der Waals surface area contributed by atoms with Gasteiger partial charge in [0.15, 0.2) is 0 Å². The smallest absolute Gasteiger partial charge is 0.339 e. The van der Waals surface area contributed by atoms with Crippen molar-refractivity contribution in [2.75, 3.05) is 20.2 Å². The lowest BCUT2D eigenvalue weighted by Gasteiger charge is -2.16. The minimum atomic E-state index is -3.80. The van der Waals surface area contributed by atoms with Gasteiger partial charge in [0.2, 0.25) is 10.0 Å². The lowest BCUT2D eigenvalue weighted by Crippen LogP contribution is -2.29. The number of carboxylic acid groups (broad SMARTS) is 1. The number of nitrogens with zero attached hydrogens (tertiary/aromatic N) is 1. The molecular weight excluding hydrogens is 286 g/mol. The number of benzene rings is 1. The Morgan fingerprint density at radius 3 is 2.65 bits per heavy atom. The van der Waals surface area contributed by atoms with E-state index in [0.717, 1.165) is 10.4 Å². The number of β-amino-alcohol motifs (C(OH)–C–C–N with tert-alkyl or cyclic N) is 1. The Hall–Kier alpha value is -1.64. The van der Waals surface area contributed by atoms with Crippen LogP contribution in [0, 0.1) is 0 Å². The van der Waals surface area contributed by atoms with Crippen molar-refractivity contribution in [3.8, 4) is 5.75 Å². The Morgan fingerprint density at radius 1 is 1.45 bits per heavy atom. The molecule has 1 aromatic rings. The lowest BCUT2D eigenvalue weighted by molar-refractivity contribution is 0.0693. The van der Waals surface area contributed by atoms with Gasteiger partial charge in [0.25, 0.3) is 0 Å². The van der Waals surface area contributed by atoms with Crippen LogP contribution in [-0.4, -0.2) is 55.2 Å². The van der Waals surface area contributed by atoms with Crippen LogP contribution in [0.25, 0.3) is 0 Å². The summed E-state index contributed by atoms with van der Waals surface area (Å²) in [7, 11) is -2.49. The number of ether oxygens (including phenoxy) is 1. The number of methoxy groups -OCH3 is 1. The van der Waals surface area contributed by atoms with Gasteiger partial charge in [-0.15, -0.1) is 0 Å². The Morgan fingerprint density at radius 2 is 2.15 bits per heavy atom. The van der Waals surface area contributed by atoms with E-state index in [1.54, 1.807) is 0 Å². The first-order chi connectivity index (χ1) is 9.36. The molecule has 8 heteroatoms. The summed E-state index contributed by atoms with van der Waals surface area (Å²) in [6, 6.07) is 3.68. The fraction of sp³-hybridized carbons (Fsp3) is 0.417. The van der Waals surface area contributed by atoms with Crippen LogP contribution in [0.1, 0.15) is 16.8 Å². The average Bonchev–Trinajstić information content (AvgIpc) is 2.85. The summed E-state index contributed by atoms with van der Waals surface area (Å²) < 4.78 is 30.7. The van der Waals surface area contributed by atoms with Crippen LogP contribution in [0.5, 0.6) is 5.75 Å². The summed E-state index contributed by atoms with van der Waals surface area (Å²) in [5, 5.41) is 18.5. The normalized spacial score (nSPS) is 20.0. The predicted octanol–water partition coefficient (Wildman–Crippen LogP) is 0.149. The molecule has 1 aliphatic heterocycles. The molecule has 1 aromatic carbocycles. The zero-order valence-electron chi connectivity index (χ0n) is 10.8. The molecule has 2 rings (SSSR count). The zero-order chi connectivity index (χ0) is 14.9. The number of carbonyl (C=O) groups is 1. The maximum Gasteiger partial charge on any atom is 0.339 e. The molecule has 2 N–H and O–H groups in total. The lowest BCUT2D eigenvalue weighted by atomic mass is 10.2. The molecular formula is C12H15NO6S. The van der Waals surface area contributed by atoms with Crippen LogP contribution in [0.2, 0.25) is 0 Å². The van der Waals surface area contributed by atoms with Crippen molar-refractivity contribution >= 4 is 16.0 Å². The Balaban J connectivity index is 2.42. The number of hydrogen-bond acceptors (Lipinski definition) is 5. The number of carboxylic acids is 1. The van der Waals surface area contributed by atoms with Gasteiger partial charge >= 0.3 is 5.97 Å². The molecule has 110 valence electrons. The molecule has 20 heavy (non-hydrogen) atoms. The van der Waals surface area contributed by atoms with Gasteiger partial charge in [0.1, 0.15) is 11.3 Å². The zero-order valence-corrected chi connectivity index (χ0v) is 11.6. The Labute approximate surface area is 116 Å². The second-order valence-corrected chi connectivity index (χ2v) is 6.41.